The summed E-state index contributed by atoms with van der Waals surface area (Å²) in [5.74, 6) is 2.45. The Hall–Kier alpha value is -3.68. The van der Waals surface area contributed by atoms with Crippen molar-refractivity contribution in [2.24, 2.45) is 0 Å². The molecule has 1 fully saturated rings. The second kappa shape index (κ2) is 10.3. The van der Waals surface area contributed by atoms with Gasteiger partial charge in [-0.15, -0.1) is 0 Å². The summed E-state index contributed by atoms with van der Waals surface area (Å²) in [7, 11) is 1.55. The summed E-state index contributed by atoms with van der Waals surface area (Å²) in [4.78, 5) is 19.3. The quantitative estimate of drug-likeness (QED) is 0.529. The number of hydrogen-bond donors (Lipinski definition) is 0. The zero-order valence-electron chi connectivity index (χ0n) is 19.2. The van der Waals surface area contributed by atoms with Gasteiger partial charge in [-0.2, -0.15) is 10.2 Å². The average molecular weight is 449 g/mol. The predicted molar refractivity (Wildman–Crippen MR) is 123 cm³/mol. The maximum absolute atomic E-state index is 13.1. The van der Waals surface area contributed by atoms with E-state index in [2.05, 4.69) is 15.2 Å². The van der Waals surface area contributed by atoms with E-state index in [1.54, 1.807) is 13.2 Å². The summed E-state index contributed by atoms with van der Waals surface area (Å²) in [6, 6.07) is 12.9. The summed E-state index contributed by atoms with van der Waals surface area (Å²) < 4.78 is 17.1. The van der Waals surface area contributed by atoms with Crippen molar-refractivity contribution in [3.05, 3.63) is 65.7 Å². The van der Waals surface area contributed by atoms with E-state index in [1.807, 2.05) is 55.1 Å². The van der Waals surface area contributed by atoms with E-state index in [-0.39, 0.29) is 11.8 Å². The molecule has 0 aliphatic carbocycles. The van der Waals surface area contributed by atoms with Crippen LogP contribution < -0.4 is 14.2 Å². The number of ether oxygens (including phenoxy) is 3. The monoisotopic (exact) mass is 448 g/mol. The number of carbonyl (C=O) groups is 1. The molecule has 1 aromatic carbocycles. The Morgan fingerprint density at radius 2 is 1.82 bits per heavy atom. The van der Waals surface area contributed by atoms with E-state index in [0.29, 0.717) is 42.6 Å². The molecule has 3 aromatic rings. The van der Waals surface area contributed by atoms with Gasteiger partial charge in [0.15, 0.2) is 11.5 Å². The SMILES string of the molecule is CCOc1cc(C)nnc1C1CCN(C(=O)c2cc(OC)c(Oc3ccccc3)cn2)CC1. The normalized spacial score (nSPS) is 14.1. The van der Waals surface area contributed by atoms with Crippen molar-refractivity contribution in [3.8, 4) is 23.0 Å². The van der Waals surface area contributed by atoms with Crippen molar-refractivity contribution in [1.82, 2.24) is 20.1 Å². The molecule has 172 valence electrons. The van der Waals surface area contributed by atoms with Gasteiger partial charge in [0.05, 0.1) is 25.6 Å². The molecule has 0 atom stereocenters. The van der Waals surface area contributed by atoms with Gasteiger partial charge in [-0.1, -0.05) is 18.2 Å². The lowest BCUT2D eigenvalue weighted by Crippen LogP contribution is -2.38. The summed E-state index contributed by atoms with van der Waals surface area (Å²) >= 11 is 0. The van der Waals surface area contributed by atoms with Crippen molar-refractivity contribution in [1.29, 1.82) is 0 Å². The molecule has 2 aromatic heterocycles. The minimum atomic E-state index is -0.127. The van der Waals surface area contributed by atoms with Crippen molar-refractivity contribution in [2.75, 3.05) is 26.8 Å². The fraction of sp³-hybridized carbons (Fsp3) is 0.360. The molecule has 1 aliphatic rings. The lowest BCUT2D eigenvalue weighted by atomic mass is 9.92. The molecule has 1 amide bonds. The number of rotatable bonds is 7. The van der Waals surface area contributed by atoms with Crippen LogP contribution in [0.2, 0.25) is 0 Å². The summed E-state index contributed by atoms with van der Waals surface area (Å²) in [5, 5.41) is 8.60. The van der Waals surface area contributed by atoms with Gasteiger partial charge in [-0.3, -0.25) is 4.79 Å². The highest BCUT2D eigenvalue weighted by molar-refractivity contribution is 5.93. The molecule has 3 heterocycles. The lowest BCUT2D eigenvalue weighted by molar-refractivity contribution is 0.0705. The van der Waals surface area contributed by atoms with Crippen LogP contribution in [-0.4, -0.2) is 52.8 Å². The van der Waals surface area contributed by atoms with E-state index < -0.39 is 0 Å². The van der Waals surface area contributed by atoms with Crippen LogP contribution in [0.15, 0.2) is 48.7 Å². The van der Waals surface area contributed by atoms with E-state index in [0.717, 1.165) is 30.0 Å². The number of likely N-dealkylation sites (tertiary alicyclic amines) is 1. The van der Waals surface area contributed by atoms with Crippen LogP contribution in [0.4, 0.5) is 0 Å². The minimum Gasteiger partial charge on any atom is -0.493 e. The first kappa shape index (κ1) is 22.5. The zero-order chi connectivity index (χ0) is 23.2. The fourth-order valence-corrected chi connectivity index (χ4v) is 3.94. The van der Waals surface area contributed by atoms with Gasteiger partial charge in [-0.05, 0) is 38.8 Å². The Balaban J connectivity index is 1.43. The van der Waals surface area contributed by atoms with Crippen LogP contribution in [-0.2, 0) is 0 Å². The third-order valence-corrected chi connectivity index (χ3v) is 5.62. The molecule has 0 spiro atoms. The molecular weight excluding hydrogens is 420 g/mol. The van der Waals surface area contributed by atoms with E-state index >= 15 is 0 Å². The number of aryl methyl sites for hydroxylation is 1. The molecule has 8 nitrogen and oxygen atoms in total. The average Bonchev–Trinajstić information content (AvgIpc) is 2.85. The van der Waals surface area contributed by atoms with Gasteiger partial charge in [-0.25, -0.2) is 4.98 Å². The number of aromatic nitrogens is 3. The molecular formula is C25H28N4O4. The molecule has 0 unspecified atom stereocenters. The molecule has 0 bridgehead atoms. The zero-order valence-corrected chi connectivity index (χ0v) is 19.2. The summed E-state index contributed by atoms with van der Waals surface area (Å²) in [5.41, 5.74) is 2.03. The lowest BCUT2D eigenvalue weighted by Gasteiger charge is -2.32. The van der Waals surface area contributed by atoms with Crippen LogP contribution in [0.5, 0.6) is 23.0 Å². The van der Waals surface area contributed by atoms with E-state index in [4.69, 9.17) is 14.2 Å². The predicted octanol–water partition coefficient (Wildman–Crippen LogP) is 4.40. The van der Waals surface area contributed by atoms with Crippen molar-refractivity contribution >= 4 is 5.91 Å². The first-order valence-electron chi connectivity index (χ1n) is 11.1. The van der Waals surface area contributed by atoms with Gasteiger partial charge >= 0.3 is 0 Å². The van der Waals surface area contributed by atoms with Crippen molar-refractivity contribution in [2.45, 2.75) is 32.6 Å². The van der Waals surface area contributed by atoms with Crippen LogP contribution in [0.1, 0.15) is 47.6 Å². The Bertz CT molecular complexity index is 1100. The highest BCUT2D eigenvalue weighted by Crippen LogP contribution is 2.34. The fourth-order valence-electron chi connectivity index (χ4n) is 3.94. The second-order valence-corrected chi connectivity index (χ2v) is 7.87. The maximum Gasteiger partial charge on any atom is 0.272 e. The Labute approximate surface area is 193 Å². The summed E-state index contributed by atoms with van der Waals surface area (Å²) in [6.45, 7) is 5.65. The van der Waals surface area contributed by atoms with Crippen LogP contribution in [0.25, 0.3) is 0 Å². The number of hydrogen-bond acceptors (Lipinski definition) is 7. The maximum atomic E-state index is 13.1. The highest BCUT2D eigenvalue weighted by Gasteiger charge is 2.28. The molecule has 0 N–H and O–H groups in total. The number of nitrogens with zero attached hydrogens (tertiary/aromatic N) is 4. The first-order chi connectivity index (χ1) is 16.1. The van der Waals surface area contributed by atoms with Crippen LogP contribution in [0.3, 0.4) is 0 Å². The van der Waals surface area contributed by atoms with Gasteiger partial charge in [0.1, 0.15) is 22.9 Å². The number of piperidine rings is 1. The van der Waals surface area contributed by atoms with Crippen molar-refractivity contribution < 1.29 is 19.0 Å². The number of methoxy groups -OCH3 is 1. The van der Waals surface area contributed by atoms with Gasteiger partial charge < -0.3 is 19.1 Å². The van der Waals surface area contributed by atoms with E-state index in [9.17, 15) is 4.79 Å². The molecule has 8 heteroatoms. The molecule has 0 saturated carbocycles. The number of benzene rings is 1. The number of pyridine rings is 1. The molecule has 33 heavy (non-hydrogen) atoms. The van der Waals surface area contributed by atoms with Crippen LogP contribution >= 0.6 is 0 Å². The Morgan fingerprint density at radius 1 is 1.06 bits per heavy atom. The molecule has 1 aliphatic heterocycles. The highest BCUT2D eigenvalue weighted by atomic mass is 16.5. The number of para-hydroxylation sites is 1. The van der Waals surface area contributed by atoms with Gasteiger partial charge in [0.2, 0.25) is 0 Å². The number of amides is 1. The van der Waals surface area contributed by atoms with Crippen LogP contribution in [0, 0.1) is 6.92 Å². The van der Waals surface area contributed by atoms with E-state index in [1.165, 1.54) is 6.20 Å². The third-order valence-electron chi connectivity index (χ3n) is 5.62. The Morgan fingerprint density at radius 3 is 2.52 bits per heavy atom. The smallest absolute Gasteiger partial charge is 0.272 e. The largest absolute Gasteiger partial charge is 0.493 e. The van der Waals surface area contributed by atoms with Crippen molar-refractivity contribution in [3.63, 3.8) is 0 Å². The van der Waals surface area contributed by atoms with Gasteiger partial charge in [0, 0.05) is 31.1 Å². The molecule has 0 radical (unpaired) electrons. The van der Waals surface area contributed by atoms with Gasteiger partial charge in [0.25, 0.3) is 5.91 Å². The molecule has 4 rings (SSSR count). The standard InChI is InChI=1S/C25H28N4O4/c1-4-32-22-14-17(2)27-28-24(22)18-10-12-29(13-11-18)25(30)20-15-21(31-3)23(16-26-20)33-19-8-6-5-7-9-19/h5-9,14-16,18H,4,10-13H2,1-3H3. The third kappa shape index (κ3) is 5.22. The summed E-state index contributed by atoms with van der Waals surface area (Å²) in [6.07, 6.45) is 3.11. The first-order valence-corrected chi connectivity index (χ1v) is 11.1. The number of carbonyl (C=O) groups excluding carboxylic acids is 1. The topological polar surface area (TPSA) is 86.7 Å². The minimum absolute atomic E-state index is 0.127. The Kier molecular flexibility index (Phi) is 7.02. The molecule has 1 saturated heterocycles. The second-order valence-electron chi connectivity index (χ2n) is 7.87.